The van der Waals surface area contributed by atoms with Gasteiger partial charge in [0.1, 0.15) is 0 Å². The molecular formula is C12H24N2O3. The van der Waals surface area contributed by atoms with Crippen molar-refractivity contribution in [2.45, 2.75) is 50.8 Å². The quantitative estimate of drug-likeness (QED) is 0.616. The van der Waals surface area contributed by atoms with Gasteiger partial charge in [0, 0.05) is 25.8 Å². The van der Waals surface area contributed by atoms with Gasteiger partial charge in [-0.05, 0) is 26.2 Å². The van der Waals surface area contributed by atoms with E-state index in [0.29, 0.717) is 12.8 Å². The fourth-order valence-electron chi connectivity index (χ4n) is 2.04. The monoisotopic (exact) mass is 244 g/mol. The van der Waals surface area contributed by atoms with E-state index in [-0.39, 0.29) is 30.2 Å². The Morgan fingerprint density at radius 2 is 2.35 bits per heavy atom. The minimum Gasteiger partial charge on any atom is -0.396 e. The van der Waals surface area contributed by atoms with E-state index in [4.69, 9.17) is 9.84 Å². The Morgan fingerprint density at radius 1 is 1.65 bits per heavy atom. The molecule has 3 N–H and O–H groups in total. The molecule has 5 heteroatoms. The zero-order chi connectivity index (χ0) is 12.9. The minimum atomic E-state index is -0.321. The third-order valence-electron chi connectivity index (χ3n) is 3.61. The lowest BCUT2D eigenvalue weighted by molar-refractivity contribution is -0.125. The number of hydrogen-bond acceptors (Lipinski definition) is 4. The summed E-state index contributed by atoms with van der Waals surface area (Å²) in [6.07, 6.45) is 2.22. The van der Waals surface area contributed by atoms with Crippen LogP contribution < -0.4 is 10.6 Å². The van der Waals surface area contributed by atoms with Gasteiger partial charge in [0.25, 0.3) is 0 Å². The molecule has 1 aliphatic heterocycles. The molecule has 3 atom stereocenters. The van der Waals surface area contributed by atoms with Crippen LogP contribution in [-0.4, -0.2) is 49.0 Å². The summed E-state index contributed by atoms with van der Waals surface area (Å²) in [7, 11) is 1.66. The van der Waals surface area contributed by atoms with Crippen LogP contribution >= 0.6 is 0 Å². The normalized spacial score (nSPS) is 27.8. The second-order valence-electron chi connectivity index (χ2n) is 4.93. The van der Waals surface area contributed by atoms with Gasteiger partial charge in [0.2, 0.25) is 5.91 Å². The first kappa shape index (κ1) is 14.4. The molecule has 1 fully saturated rings. The summed E-state index contributed by atoms with van der Waals surface area (Å²) in [5, 5.41) is 15.2. The van der Waals surface area contributed by atoms with Gasteiger partial charge in [-0.25, -0.2) is 0 Å². The smallest absolute Gasteiger partial charge is 0.237 e. The maximum absolute atomic E-state index is 12.0. The summed E-state index contributed by atoms with van der Waals surface area (Å²) in [5.74, 6) is 0.00218. The molecule has 0 aromatic rings. The number of nitrogens with one attached hydrogen (secondary N) is 2. The SMILES string of the molecule is CCC(C)(CCO)NC(=O)C1CC(OC)CN1. The first-order chi connectivity index (χ1) is 8.04. The van der Waals surface area contributed by atoms with E-state index in [1.165, 1.54) is 0 Å². The van der Waals surface area contributed by atoms with Crippen molar-refractivity contribution in [2.75, 3.05) is 20.3 Å². The average molecular weight is 244 g/mol. The Kier molecular flexibility index (Phi) is 5.36. The highest BCUT2D eigenvalue weighted by Crippen LogP contribution is 2.16. The number of ether oxygens (including phenoxy) is 1. The molecule has 0 bridgehead atoms. The second-order valence-corrected chi connectivity index (χ2v) is 4.93. The Balaban J connectivity index is 2.48. The lowest BCUT2D eigenvalue weighted by atomic mass is 9.94. The van der Waals surface area contributed by atoms with Crippen molar-refractivity contribution in [3.63, 3.8) is 0 Å². The van der Waals surface area contributed by atoms with E-state index >= 15 is 0 Å². The average Bonchev–Trinajstić information content (AvgIpc) is 2.78. The van der Waals surface area contributed by atoms with Gasteiger partial charge < -0.3 is 20.5 Å². The molecular weight excluding hydrogens is 220 g/mol. The van der Waals surface area contributed by atoms with Gasteiger partial charge in [0.15, 0.2) is 0 Å². The standard InChI is InChI=1S/C12H24N2O3/c1-4-12(2,5-6-15)14-11(16)10-7-9(17-3)8-13-10/h9-10,13,15H,4-8H2,1-3H3,(H,14,16). The molecule has 0 spiro atoms. The molecule has 1 heterocycles. The molecule has 1 saturated heterocycles. The van der Waals surface area contributed by atoms with Crippen LogP contribution in [0.25, 0.3) is 0 Å². The lowest BCUT2D eigenvalue weighted by Gasteiger charge is -2.30. The van der Waals surface area contributed by atoms with Crippen molar-refractivity contribution in [1.82, 2.24) is 10.6 Å². The van der Waals surface area contributed by atoms with Crippen LogP contribution in [0.15, 0.2) is 0 Å². The van der Waals surface area contributed by atoms with Gasteiger partial charge in [-0.1, -0.05) is 6.92 Å². The number of carbonyl (C=O) groups is 1. The maximum Gasteiger partial charge on any atom is 0.237 e. The first-order valence-electron chi connectivity index (χ1n) is 6.23. The second kappa shape index (κ2) is 6.33. The maximum atomic E-state index is 12.0. The van der Waals surface area contributed by atoms with Crippen LogP contribution in [0.2, 0.25) is 0 Å². The van der Waals surface area contributed by atoms with Crippen LogP contribution in [-0.2, 0) is 9.53 Å². The van der Waals surface area contributed by atoms with Crippen molar-refractivity contribution in [3.8, 4) is 0 Å². The number of aliphatic hydroxyl groups excluding tert-OH is 1. The van der Waals surface area contributed by atoms with Crippen molar-refractivity contribution >= 4 is 5.91 Å². The Hall–Kier alpha value is -0.650. The summed E-state index contributed by atoms with van der Waals surface area (Å²) >= 11 is 0. The molecule has 100 valence electrons. The fraction of sp³-hybridized carbons (Fsp3) is 0.917. The van der Waals surface area contributed by atoms with Crippen molar-refractivity contribution in [2.24, 2.45) is 0 Å². The largest absolute Gasteiger partial charge is 0.396 e. The summed E-state index contributed by atoms with van der Waals surface area (Å²) in [4.78, 5) is 12.0. The van der Waals surface area contributed by atoms with Crippen LogP contribution in [0.1, 0.15) is 33.1 Å². The Labute approximate surface area is 103 Å². The van der Waals surface area contributed by atoms with E-state index in [1.807, 2.05) is 13.8 Å². The minimum absolute atomic E-state index is 0.00218. The Morgan fingerprint density at radius 3 is 2.82 bits per heavy atom. The molecule has 1 rings (SSSR count). The van der Waals surface area contributed by atoms with Crippen LogP contribution in [0.4, 0.5) is 0 Å². The van der Waals surface area contributed by atoms with Gasteiger partial charge in [-0.3, -0.25) is 4.79 Å². The lowest BCUT2D eigenvalue weighted by Crippen LogP contribution is -2.52. The number of rotatable bonds is 6. The molecule has 0 saturated carbocycles. The molecule has 17 heavy (non-hydrogen) atoms. The number of aliphatic hydroxyl groups is 1. The number of hydrogen-bond donors (Lipinski definition) is 3. The van der Waals surface area contributed by atoms with Crippen molar-refractivity contribution in [3.05, 3.63) is 0 Å². The van der Waals surface area contributed by atoms with Crippen LogP contribution in [0.3, 0.4) is 0 Å². The molecule has 0 aromatic heterocycles. The molecule has 3 unspecified atom stereocenters. The molecule has 5 nitrogen and oxygen atoms in total. The topological polar surface area (TPSA) is 70.6 Å². The number of carbonyl (C=O) groups excluding carboxylic acids is 1. The number of methoxy groups -OCH3 is 1. The third-order valence-corrected chi connectivity index (χ3v) is 3.61. The van der Waals surface area contributed by atoms with Crippen LogP contribution in [0.5, 0.6) is 0 Å². The highest BCUT2D eigenvalue weighted by atomic mass is 16.5. The molecule has 1 amide bonds. The first-order valence-corrected chi connectivity index (χ1v) is 6.23. The van der Waals surface area contributed by atoms with Crippen molar-refractivity contribution < 1.29 is 14.6 Å². The molecule has 0 aliphatic carbocycles. The number of amides is 1. The molecule has 1 aliphatic rings. The van der Waals surface area contributed by atoms with Gasteiger partial charge in [-0.15, -0.1) is 0 Å². The van der Waals surface area contributed by atoms with Gasteiger partial charge >= 0.3 is 0 Å². The predicted molar refractivity (Wildman–Crippen MR) is 65.7 cm³/mol. The Bertz CT molecular complexity index is 260. The molecule has 0 aromatic carbocycles. The van der Waals surface area contributed by atoms with E-state index in [1.54, 1.807) is 7.11 Å². The predicted octanol–water partition coefficient (Wildman–Crippen LogP) is 0.0306. The highest BCUT2D eigenvalue weighted by molar-refractivity contribution is 5.82. The van der Waals surface area contributed by atoms with Crippen molar-refractivity contribution in [1.29, 1.82) is 0 Å². The zero-order valence-corrected chi connectivity index (χ0v) is 11.0. The van der Waals surface area contributed by atoms with Gasteiger partial charge in [-0.2, -0.15) is 0 Å². The van der Waals surface area contributed by atoms with E-state index in [2.05, 4.69) is 10.6 Å². The van der Waals surface area contributed by atoms with E-state index < -0.39 is 0 Å². The third kappa shape index (κ3) is 3.94. The van der Waals surface area contributed by atoms with E-state index in [0.717, 1.165) is 13.0 Å². The highest BCUT2D eigenvalue weighted by Gasteiger charge is 2.32. The van der Waals surface area contributed by atoms with Gasteiger partial charge in [0.05, 0.1) is 12.1 Å². The summed E-state index contributed by atoms with van der Waals surface area (Å²) in [6.45, 7) is 4.78. The van der Waals surface area contributed by atoms with E-state index in [9.17, 15) is 4.79 Å². The summed E-state index contributed by atoms with van der Waals surface area (Å²) < 4.78 is 5.21. The molecule has 0 radical (unpaired) electrons. The fourth-order valence-corrected chi connectivity index (χ4v) is 2.04. The van der Waals surface area contributed by atoms with Crippen LogP contribution in [0, 0.1) is 0 Å². The summed E-state index contributed by atoms with van der Waals surface area (Å²) in [6, 6.07) is -0.176. The summed E-state index contributed by atoms with van der Waals surface area (Å²) in [5.41, 5.74) is -0.321. The zero-order valence-electron chi connectivity index (χ0n) is 11.0.